The second-order valence-corrected chi connectivity index (χ2v) is 15.3. The van der Waals surface area contributed by atoms with Gasteiger partial charge in [-0.1, -0.05) is 48.5 Å². The minimum Gasteiger partial charge on any atom is -0.507 e. The molecule has 0 fully saturated rings. The van der Waals surface area contributed by atoms with E-state index in [9.17, 15) is 30.6 Å². The first-order valence-electron chi connectivity index (χ1n) is 18.3. The normalized spacial score (nSPS) is 11.3. The molecule has 0 unspecified atom stereocenters. The lowest BCUT2D eigenvalue weighted by Crippen LogP contribution is -2.00. The third-order valence-electron chi connectivity index (χ3n) is 10.7. The molecule has 0 aliphatic rings. The number of aromatic hydroxyl groups is 6. The molecule has 0 amide bonds. The van der Waals surface area contributed by atoms with Crippen molar-refractivity contribution in [2.45, 2.75) is 81.1 Å². The van der Waals surface area contributed by atoms with Crippen molar-refractivity contribution in [2.24, 2.45) is 0 Å². The van der Waals surface area contributed by atoms with Gasteiger partial charge in [-0.2, -0.15) is 0 Å². The Labute approximate surface area is 318 Å². The van der Waals surface area contributed by atoms with Crippen molar-refractivity contribution < 1.29 is 30.6 Å². The smallest absolute Gasteiger partial charge is 0.122 e. The summed E-state index contributed by atoms with van der Waals surface area (Å²) in [5.41, 5.74) is 14.6. The van der Waals surface area contributed by atoms with Crippen molar-refractivity contribution in [3.05, 3.63) is 162 Å². The minimum absolute atomic E-state index is 0.190. The van der Waals surface area contributed by atoms with E-state index in [4.69, 9.17) is 0 Å². The van der Waals surface area contributed by atoms with E-state index in [-0.39, 0.29) is 34.5 Å². The van der Waals surface area contributed by atoms with E-state index in [1.165, 1.54) is 0 Å². The van der Waals surface area contributed by atoms with Crippen LogP contribution in [0.3, 0.4) is 0 Å². The summed E-state index contributed by atoms with van der Waals surface area (Å²) >= 11 is 0. The van der Waals surface area contributed by atoms with Crippen molar-refractivity contribution in [2.75, 3.05) is 0 Å². The van der Waals surface area contributed by atoms with Gasteiger partial charge in [-0.3, -0.25) is 0 Å². The second-order valence-electron chi connectivity index (χ2n) is 15.3. The Balaban J connectivity index is 1.54. The molecule has 0 heterocycles. The average molecular weight is 723 g/mol. The fourth-order valence-electron chi connectivity index (χ4n) is 7.86. The van der Waals surface area contributed by atoms with Crippen molar-refractivity contribution >= 4 is 0 Å². The molecule has 0 radical (unpaired) electrons. The molecule has 0 aliphatic heterocycles. The van der Waals surface area contributed by atoms with Crippen LogP contribution in [0, 0.1) is 55.4 Å². The zero-order chi connectivity index (χ0) is 39.2. The fourth-order valence-corrected chi connectivity index (χ4v) is 7.86. The maximum atomic E-state index is 11.9. The molecule has 6 aromatic rings. The van der Waals surface area contributed by atoms with Gasteiger partial charge in [0, 0.05) is 25.7 Å². The summed E-state index contributed by atoms with van der Waals surface area (Å²) in [6.07, 6.45) is 1.72. The molecular formula is C48H50O6. The van der Waals surface area contributed by atoms with Crippen molar-refractivity contribution in [1.29, 1.82) is 0 Å². The van der Waals surface area contributed by atoms with Gasteiger partial charge < -0.3 is 30.6 Å². The van der Waals surface area contributed by atoms with Gasteiger partial charge in [-0.05, 0) is 180 Å². The molecule has 6 heteroatoms. The molecule has 6 rings (SSSR count). The Morgan fingerprint density at radius 2 is 0.426 bits per heavy atom. The number of phenolic OH excluding ortho intramolecular Hbond substituents is 6. The Kier molecular flexibility index (Phi) is 10.4. The van der Waals surface area contributed by atoms with Crippen LogP contribution >= 0.6 is 0 Å². The Morgan fingerprint density at radius 1 is 0.259 bits per heavy atom. The first-order chi connectivity index (χ1) is 25.5. The summed E-state index contributed by atoms with van der Waals surface area (Å²) in [4.78, 5) is 0. The van der Waals surface area contributed by atoms with E-state index in [1.807, 2.05) is 128 Å². The molecule has 6 aromatic carbocycles. The molecule has 278 valence electrons. The van der Waals surface area contributed by atoms with Crippen LogP contribution in [0.15, 0.2) is 72.8 Å². The highest BCUT2D eigenvalue weighted by molar-refractivity contribution is 5.72. The molecule has 6 N–H and O–H groups in total. The largest absolute Gasteiger partial charge is 0.507 e. The van der Waals surface area contributed by atoms with Crippen LogP contribution in [0.2, 0.25) is 0 Å². The first-order valence-corrected chi connectivity index (χ1v) is 18.3. The first kappa shape index (κ1) is 37.9. The van der Waals surface area contributed by atoms with Gasteiger partial charge in [0.1, 0.15) is 34.5 Å². The van der Waals surface area contributed by atoms with Gasteiger partial charge in [-0.25, -0.2) is 0 Å². The van der Waals surface area contributed by atoms with E-state index in [0.29, 0.717) is 25.7 Å². The molecule has 54 heavy (non-hydrogen) atoms. The van der Waals surface area contributed by atoms with Crippen LogP contribution in [0.25, 0.3) is 11.1 Å². The summed E-state index contributed by atoms with van der Waals surface area (Å²) in [5, 5.41) is 65.7. The predicted molar refractivity (Wildman–Crippen MR) is 217 cm³/mol. The van der Waals surface area contributed by atoms with Crippen molar-refractivity contribution in [3.8, 4) is 45.6 Å². The SMILES string of the molecule is Cc1cc(Cc2cc(-c3cc(Cc4cc(C)c(O)c(C)c4)c(O)c(Cc4cc(C)c(O)c(C)c4)c3)cc(Cc3cc(C)c(O)c(C)c3)c2O)cc(C)c1O. The molecule has 0 aromatic heterocycles. The van der Waals surface area contributed by atoms with Gasteiger partial charge in [0.25, 0.3) is 0 Å². The molecule has 0 spiro atoms. The number of aryl methyl sites for hydroxylation is 8. The maximum absolute atomic E-state index is 11.9. The van der Waals surface area contributed by atoms with Gasteiger partial charge in [0.05, 0.1) is 0 Å². The molecule has 0 atom stereocenters. The van der Waals surface area contributed by atoms with Gasteiger partial charge >= 0.3 is 0 Å². The standard InChI is InChI=1S/C48H50O6/c1-25-9-33(10-26(2)43(25)49)17-39-21-37(22-40(47(39)53)18-34-11-27(3)44(50)28(4)12-34)38-23-41(19-35-13-29(5)45(51)30(6)14-35)48(54)42(24-38)20-36-15-31(7)46(52)32(8)16-36/h9-16,21-24,49-54H,17-20H2,1-8H3. The van der Waals surface area contributed by atoms with Crippen molar-refractivity contribution in [1.82, 2.24) is 0 Å². The number of hydrogen-bond acceptors (Lipinski definition) is 6. The summed E-state index contributed by atoms with van der Waals surface area (Å²) < 4.78 is 0. The lowest BCUT2D eigenvalue weighted by atomic mass is 9.88. The fraction of sp³-hybridized carbons (Fsp3) is 0.250. The Bertz CT molecular complexity index is 2010. The summed E-state index contributed by atoms with van der Waals surface area (Å²) in [6.45, 7) is 15.0. The monoisotopic (exact) mass is 722 g/mol. The van der Waals surface area contributed by atoms with Crippen LogP contribution in [0.5, 0.6) is 34.5 Å². The topological polar surface area (TPSA) is 121 Å². The van der Waals surface area contributed by atoms with Crippen LogP contribution in [0.4, 0.5) is 0 Å². The highest BCUT2D eigenvalue weighted by Crippen LogP contribution is 2.39. The van der Waals surface area contributed by atoms with E-state index >= 15 is 0 Å². The zero-order valence-corrected chi connectivity index (χ0v) is 32.4. The molecule has 0 saturated carbocycles. The molecule has 6 nitrogen and oxygen atoms in total. The van der Waals surface area contributed by atoms with Gasteiger partial charge in [-0.15, -0.1) is 0 Å². The number of benzene rings is 6. The zero-order valence-electron chi connectivity index (χ0n) is 32.4. The van der Waals surface area contributed by atoms with Gasteiger partial charge in [0.15, 0.2) is 0 Å². The molecule has 0 aliphatic carbocycles. The number of hydrogen-bond donors (Lipinski definition) is 6. The van der Waals surface area contributed by atoms with Crippen LogP contribution in [0.1, 0.15) is 89.0 Å². The van der Waals surface area contributed by atoms with E-state index in [2.05, 4.69) is 0 Å². The predicted octanol–water partition coefficient (Wildman–Crippen LogP) is 10.4. The van der Waals surface area contributed by atoms with Crippen molar-refractivity contribution in [3.63, 3.8) is 0 Å². The van der Waals surface area contributed by atoms with E-state index in [0.717, 1.165) is 100 Å². The Hall–Kier alpha value is -5.88. The molecule has 0 bridgehead atoms. The van der Waals surface area contributed by atoms with Gasteiger partial charge in [0.2, 0.25) is 0 Å². The molecule has 0 saturated heterocycles. The quantitative estimate of drug-likeness (QED) is 0.0884. The summed E-state index contributed by atoms with van der Waals surface area (Å²) in [6, 6.07) is 23.6. The maximum Gasteiger partial charge on any atom is 0.122 e. The van der Waals surface area contributed by atoms with E-state index in [1.54, 1.807) is 0 Å². The summed E-state index contributed by atoms with van der Waals surface area (Å²) in [5.74, 6) is 1.43. The third kappa shape index (κ3) is 7.74. The second kappa shape index (κ2) is 14.9. The highest BCUT2D eigenvalue weighted by atomic mass is 16.3. The number of rotatable bonds is 9. The number of phenols is 6. The Morgan fingerprint density at radius 3 is 0.593 bits per heavy atom. The third-order valence-corrected chi connectivity index (χ3v) is 10.7. The minimum atomic E-state index is 0.190. The van der Waals surface area contributed by atoms with Crippen LogP contribution in [-0.2, 0) is 25.7 Å². The lowest BCUT2D eigenvalue weighted by Gasteiger charge is -2.18. The average Bonchev–Trinajstić information content (AvgIpc) is 3.10. The summed E-state index contributed by atoms with van der Waals surface area (Å²) in [7, 11) is 0. The van der Waals surface area contributed by atoms with Crippen LogP contribution in [-0.4, -0.2) is 30.6 Å². The highest BCUT2D eigenvalue weighted by Gasteiger charge is 2.19. The molecular weight excluding hydrogens is 673 g/mol. The lowest BCUT2D eigenvalue weighted by molar-refractivity contribution is 0.461. The van der Waals surface area contributed by atoms with E-state index < -0.39 is 0 Å². The van der Waals surface area contributed by atoms with Crippen LogP contribution < -0.4 is 0 Å².